The zero-order valence-electron chi connectivity index (χ0n) is 20.4. The van der Waals surface area contributed by atoms with Crippen LogP contribution in [0.5, 0.6) is 0 Å². The average molecular weight is 480 g/mol. The molecule has 8 heteroatoms. The summed E-state index contributed by atoms with van der Waals surface area (Å²) in [6, 6.07) is 9.56. The number of carboxylic acid groups (broad SMARTS) is 1. The molecule has 1 aromatic carbocycles. The summed E-state index contributed by atoms with van der Waals surface area (Å²) in [6.45, 7) is 14.1. The molecule has 1 aromatic rings. The number of carboxylic acids is 1. The van der Waals surface area contributed by atoms with Crippen molar-refractivity contribution in [3.63, 3.8) is 0 Å². The van der Waals surface area contributed by atoms with Crippen LogP contribution in [-0.4, -0.2) is 29.3 Å². The SMILES string of the molecule is [C-]#[N+]C(=C=N)C1=C(C=C2N(CCCCCC(=O)O)c3ccc(C)cc3C2(C)C)C(=O)C1=C(C#N)C#N. The van der Waals surface area contributed by atoms with Crippen LogP contribution in [0.15, 0.2) is 58.0 Å². The van der Waals surface area contributed by atoms with Crippen LogP contribution in [0.2, 0.25) is 0 Å². The van der Waals surface area contributed by atoms with E-state index in [9.17, 15) is 20.1 Å². The normalized spacial score (nSPS) is 16.4. The number of aliphatic carboxylic acids is 1. The lowest BCUT2D eigenvalue weighted by atomic mass is 9.75. The largest absolute Gasteiger partial charge is 0.481 e. The highest BCUT2D eigenvalue weighted by molar-refractivity contribution is 6.25. The van der Waals surface area contributed by atoms with Crippen LogP contribution in [-0.2, 0) is 15.0 Å². The lowest BCUT2D eigenvalue weighted by Gasteiger charge is -2.30. The first-order chi connectivity index (χ1) is 17.1. The minimum Gasteiger partial charge on any atom is -0.481 e. The van der Waals surface area contributed by atoms with E-state index in [2.05, 4.69) is 15.8 Å². The first kappa shape index (κ1) is 25.9. The van der Waals surface area contributed by atoms with Gasteiger partial charge in [-0.25, -0.2) is 4.85 Å². The number of carbonyl (C=O) groups excluding carboxylic acids is 1. The molecular weight excluding hydrogens is 454 g/mol. The summed E-state index contributed by atoms with van der Waals surface area (Å²) >= 11 is 0. The van der Waals surface area contributed by atoms with Crippen LogP contribution >= 0.6 is 0 Å². The number of nitriles is 2. The fourth-order valence-electron chi connectivity index (χ4n) is 4.69. The van der Waals surface area contributed by atoms with Crippen LogP contribution in [0.3, 0.4) is 0 Å². The fraction of sp³-hybridized carbons (Fsp3) is 0.321. The highest BCUT2D eigenvalue weighted by atomic mass is 16.4. The molecule has 0 fully saturated rings. The number of hydrogen-bond acceptors (Lipinski definition) is 6. The number of nitrogens with zero attached hydrogens (tertiary/aromatic N) is 4. The number of rotatable bonds is 8. The Hall–Kier alpha value is -4.70. The summed E-state index contributed by atoms with van der Waals surface area (Å²) in [4.78, 5) is 29.4. The van der Waals surface area contributed by atoms with Crippen molar-refractivity contribution in [1.82, 2.24) is 0 Å². The molecule has 36 heavy (non-hydrogen) atoms. The molecule has 0 unspecified atom stereocenters. The number of hydrogen-bond donors (Lipinski definition) is 2. The third-order valence-electron chi connectivity index (χ3n) is 6.53. The number of Topliss-reactive ketones (excluding diaryl/α,β-unsaturated/α-hetero) is 1. The zero-order chi connectivity index (χ0) is 26.6. The Morgan fingerprint density at radius 1 is 1.25 bits per heavy atom. The number of aryl methyl sites for hydroxylation is 1. The van der Waals surface area contributed by atoms with Gasteiger partial charge in [0, 0.05) is 46.5 Å². The van der Waals surface area contributed by atoms with Crippen molar-refractivity contribution in [2.45, 2.75) is 51.9 Å². The predicted molar refractivity (Wildman–Crippen MR) is 134 cm³/mol. The quantitative estimate of drug-likeness (QED) is 0.179. The van der Waals surface area contributed by atoms with E-state index in [1.165, 1.54) is 0 Å². The van der Waals surface area contributed by atoms with Gasteiger partial charge in [-0.1, -0.05) is 38.0 Å². The molecule has 1 aliphatic heterocycles. The summed E-state index contributed by atoms with van der Waals surface area (Å²) in [5, 5.41) is 35.1. The number of allylic oxidation sites excluding steroid dienone is 5. The molecule has 0 radical (unpaired) electrons. The molecule has 0 saturated heterocycles. The van der Waals surface area contributed by atoms with E-state index in [0.29, 0.717) is 13.0 Å². The summed E-state index contributed by atoms with van der Waals surface area (Å²) in [6.07, 6.45) is 3.84. The Kier molecular flexibility index (Phi) is 7.40. The van der Waals surface area contributed by atoms with Crippen molar-refractivity contribution < 1.29 is 14.7 Å². The third-order valence-corrected chi connectivity index (χ3v) is 6.53. The zero-order valence-corrected chi connectivity index (χ0v) is 20.4. The minimum absolute atomic E-state index is 0.0972. The molecule has 0 spiro atoms. The standard InChI is InChI=1S/C28H25N5O3/c1-17-9-10-22-20(12-17)28(2,3)23(33(22)11-7-5-6-8-24(34)35)13-19-26(21(16-31)32-4)25(27(19)36)18(14-29)15-30/h9-10,12-13,31H,5-8,11H2,1-3H3,(H,34,35). The Morgan fingerprint density at radius 2 is 1.94 bits per heavy atom. The molecule has 0 bridgehead atoms. The van der Waals surface area contributed by atoms with Gasteiger partial charge >= 0.3 is 5.97 Å². The first-order valence-corrected chi connectivity index (χ1v) is 11.5. The maximum atomic E-state index is 13.1. The second-order valence-corrected chi connectivity index (χ2v) is 9.21. The number of carbonyl (C=O) groups is 2. The van der Waals surface area contributed by atoms with Crippen LogP contribution in [0.25, 0.3) is 4.85 Å². The number of benzene rings is 1. The van der Waals surface area contributed by atoms with Gasteiger partial charge in [0.15, 0.2) is 5.78 Å². The van der Waals surface area contributed by atoms with Gasteiger partial charge in [-0.2, -0.15) is 10.5 Å². The molecule has 1 heterocycles. The molecular formula is C28H25N5O3. The molecule has 2 N–H and O–H groups in total. The molecule has 0 amide bonds. The maximum absolute atomic E-state index is 13.1. The molecule has 3 rings (SSSR count). The number of anilines is 1. The summed E-state index contributed by atoms with van der Waals surface area (Å²) in [7, 11) is 0. The maximum Gasteiger partial charge on any atom is 0.303 e. The summed E-state index contributed by atoms with van der Waals surface area (Å²) in [5.74, 6) is 0.693. The first-order valence-electron chi connectivity index (χ1n) is 11.5. The lowest BCUT2D eigenvalue weighted by Crippen LogP contribution is -2.30. The van der Waals surface area contributed by atoms with Gasteiger partial charge in [0.2, 0.25) is 0 Å². The van der Waals surface area contributed by atoms with Crippen molar-refractivity contribution in [1.29, 1.82) is 15.9 Å². The molecule has 180 valence electrons. The summed E-state index contributed by atoms with van der Waals surface area (Å²) < 4.78 is 0. The smallest absolute Gasteiger partial charge is 0.303 e. The number of fused-ring (bicyclic) bond motifs is 1. The van der Waals surface area contributed by atoms with Crippen LogP contribution in [0.4, 0.5) is 5.69 Å². The monoisotopic (exact) mass is 479 g/mol. The van der Waals surface area contributed by atoms with Crippen molar-refractivity contribution in [3.8, 4) is 12.1 Å². The van der Waals surface area contributed by atoms with Crippen molar-refractivity contribution >= 4 is 23.3 Å². The van der Waals surface area contributed by atoms with E-state index in [4.69, 9.17) is 17.1 Å². The van der Waals surface area contributed by atoms with Crippen molar-refractivity contribution in [2.75, 3.05) is 11.4 Å². The second-order valence-electron chi connectivity index (χ2n) is 9.21. The lowest BCUT2D eigenvalue weighted by molar-refractivity contribution is -0.137. The van der Waals surface area contributed by atoms with Crippen LogP contribution in [0, 0.1) is 41.6 Å². The van der Waals surface area contributed by atoms with E-state index in [1.807, 2.05) is 38.8 Å². The highest BCUT2D eigenvalue weighted by Gasteiger charge is 2.43. The Bertz CT molecular complexity index is 1410. The van der Waals surface area contributed by atoms with Crippen LogP contribution in [0.1, 0.15) is 50.7 Å². The van der Waals surface area contributed by atoms with Gasteiger partial charge in [0.05, 0.1) is 6.57 Å². The van der Waals surface area contributed by atoms with Crippen molar-refractivity contribution in [3.05, 3.63) is 80.5 Å². The van der Waals surface area contributed by atoms with Gasteiger partial charge < -0.3 is 10.0 Å². The summed E-state index contributed by atoms with van der Waals surface area (Å²) in [5.41, 5.74) is 2.95. The fourth-order valence-corrected chi connectivity index (χ4v) is 4.69. The second kappa shape index (κ2) is 10.3. The molecule has 0 saturated carbocycles. The topological polar surface area (TPSA) is 133 Å². The van der Waals surface area contributed by atoms with Gasteiger partial charge in [-0.3, -0.25) is 15.0 Å². The molecule has 1 aliphatic carbocycles. The van der Waals surface area contributed by atoms with E-state index >= 15 is 0 Å². The molecule has 0 aromatic heterocycles. The third kappa shape index (κ3) is 4.49. The van der Waals surface area contributed by atoms with E-state index < -0.39 is 22.7 Å². The minimum atomic E-state index is -0.825. The van der Waals surface area contributed by atoms with E-state index in [0.717, 1.165) is 35.4 Å². The molecule has 8 nitrogen and oxygen atoms in total. The predicted octanol–water partition coefficient (Wildman–Crippen LogP) is 4.90. The number of ketones is 1. The highest BCUT2D eigenvalue weighted by Crippen LogP contribution is 2.50. The van der Waals surface area contributed by atoms with Gasteiger partial charge in [-0.15, -0.1) is 0 Å². The van der Waals surface area contributed by atoms with E-state index in [1.54, 1.807) is 18.2 Å². The Labute approximate surface area is 210 Å². The number of nitrogens with one attached hydrogen (secondary N) is 1. The molecule has 2 aliphatic rings. The van der Waals surface area contributed by atoms with Gasteiger partial charge in [0.1, 0.15) is 17.7 Å². The Balaban J connectivity index is 2.16. The van der Waals surface area contributed by atoms with E-state index in [-0.39, 0.29) is 28.8 Å². The molecule has 0 atom stereocenters. The van der Waals surface area contributed by atoms with Gasteiger partial charge in [-0.05, 0) is 43.3 Å². The van der Waals surface area contributed by atoms with Crippen molar-refractivity contribution in [2.24, 2.45) is 0 Å². The van der Waals surface area contributed by atoms with Crippen LogP contribution < -0.4 is 4.90 Å². The average Bonchev–Trinajstić information content (AvgIpc) is 3.05. The Morgan fingerprint density at radius 3 is 2.53 bits per heavy atom. The number of unbranched alkanes of at least 4 members (excludes halogenated alkanes) is 2. The van der Waals surface area contributed by atoms with Gasteiger partial charge in [0.25, 0.3) is 5.70 Å².